The molecule has 0 radical (unpaired) electrons. The van der Waals surface area contributed by atoms with Gasteiger partial charge in [0.15, 0.2) is 11.6 Å². The number of phenols is 2. The van der Waals surface area contributed by atoms with Crippen molar-refractivity contribution in [2.45, 2.75) is 0 Å². The Morgan fingerprint density at radius 2 is 2.13 bits per heavy atom. The standard InChI is InChI=1S/C13H8Cl2N4O2S2/c14-7-4-6(10(20)9(15)11(7)21)5-16-19-12(17-18-13(19)22)8-2-1-3-23-8/h1-5,20-21H,(H,18,22)/b16-5-. The van der Waals surface area contributed by atoms with E-state index in [2.05, 4.69) is 15.3 Å². The Hall–Kier alpha value is -1.87. The Kier molecular flexibility index (Phi) is 4.40. The molecular formula is C13H8Cl2N4O2S2. The summed E-state index contributed by atoms with van der Waals surface area (Å²) >= 11 is 18.3. The van der Waals surface area contributed by atoms with Crippen LogP contribution in [0.4, 0.5) is 0 Å². The highest BCUT2D eigenvalue weighted by Gasteiger charge is 2.14. The summed E-state index contributed by atoms with van der Waals surface area (Å²) in [6.45, 7) is 0. The van der Waals surface area contributed by atoms with Gasteiger partial charge in [0.2, 0.25) is 4.77 Å². The number of nitrogens with zero attached hydrogens (tertiary/aromatic N) is 3. The van der Waals surface area contributed by atoms with Crippen molar-refractivity contribution in [2.24, 2.45) is 5.10 Å². The third-order valence-electron chi connectivity index (χ3n) is 2.90. The number of aromatic hydroxyl groups is 2. The van der Waals surface area contributed by atoms with Gasteiger partial charge in [-0.3, -0.25) is 0 Å². The zero-order valence-corrected chi connectivity index (χ0v) is 14.3. The van der Waals surface area contributed by atoms with E-state index in [0.717, 1.165) is 4.88 Å². The molecule has 0 atom stereocenters. The summed E-state index contributed by atoms with van der Waals surface area (Å²) in [5.74, 6) is -0.177. The lowest BCUT2D eigenvalue weighted by Crippen LogP contribution is -1.94. The minimum atomic E-state index is -0.387. The Morgan fingerprint density at radius 1 is 1.35 bits per heavy atom. The Morgan fingerprint density at radius 3 is 2.83 bits per heavy atom. The van der Waals surface area contributed by atoms with E-state index in [1.165, 1.54) is 28.3 Å². The topological polar surface area (TPSA) is 86.4 Å². The highest BCUT2D eigenvalue weighted by molar-refractivity contribution is 7.71. The summed E-state index contributed by atoms with van der Waals surface area (Å²) in [7, 11) is 0. The smallest absolute Gasteiger partial charge is 0.216 e. The summed E-state index contributed by atoms with van der Waals surface area (Å²) in [5, 5.41) is 32.2. The van der Waals surface area contributed by atoms with Crippen LogP contribution in [0.15, 0.2) is 28.7 Å². The normalized spacial score (nSPS) is 11.4. The van der Waals surface area contributed by atoms with Gasteiger partial charge in [-0.2, -0.15) is 14.9 Å². The molecule has 2 aromatic heterocycles. The lowest BCUT2D eigenvalue weighted by molar-refractivity contribution is 0.450. The van der Waals surface area contributed by atoms with Crippen molar-refractivity contribution >= 4 is 53.0 Å². The monoisotopic (exact) mass is 386 g/mol. The third-order valence-corrected chi connectivity index (χ3v) is 4.68. The molecule has 2 heterocycles. The predicted octanol–water partition coefficient (Wildman–Crippen LogP) is 4.27. The van der Waals surface area contributed by atoms with E-state index < -0.39 is 0 Å². The number of hydrogen-bond donors (Lipinski definition) is 3. The average molecular weight is 387 g/mol. The first-order chi connectivity index (χ1) is 11.0. The highest BCUT2D eigenvalue weighted by atomic mass is 35.5. The van der Waals surface area contributed by atoms with Crippen LogP contribution in [-0.4, -0.2) is 31.3 Å². The van der Waals surface area contributed by atoms with Gasteiger partial charge in [0.1, 0.15) is 10.8 Å². The van der Waals surface area contributed by atoms with Crippen molar-refractivity contribution < 1.29 is 10.2 Å². The number of aromatic amines is 1. The number of aromatic nitrogens is 3. The van der Waals surface area contributed by atoms with Crippen LogP contribution in [-0.2, 0) is 0 Å². The van der Waals surface area contributed by atoms with Gasteiger partial charge in [-0.1, -0.05) is 29.3 Å². The fraction of sp³-hybridized carbons (Fsp3) is 0. The number of benzene rings is 1. The molecule has 6 nitrogen and oxygen atoms in total. The minimum absolute atomic E-state index is 0.00326. The molecule has 0 aliphatic rings. The van der Waals surface area contributed by atoms with E-state index in [9.17, 15) is 10.2 Å². The highest BCUT2D eigenvalue weighted by Crippen LogP contribution is 2.40. The molecule has 0 fully saturated rings. The maximum Gasteiger partial charge on any atom is 0.216 e. The van der Waals surface area contributed by atoms with Crippen LogP contribution in [0.5, 0.6) is 11.5 Å². The quantitative estimate of drug-likeness (QED) is 0.463. The molecule has 3 aromatic rings. The average Bonchev–Trinajstić information content (AvgIpc) is 3.17. The molecule has 0 bridgehead atoms. The number of phenolic OH excluding ortho intramolecular Hbond substituents is 2. The number of thiophene rings is 1. The van der Waals surface area contributed by atoms with Gasteiger partial charge >= 0.3 is 0 Å². The van der Waals surface area contributed by atoms with Crippen molar-refractivity contribution in [1.82, 2.24) is 14.9 Å². The molecule has 0 unspecified atom stereocenters. The maximum absolute atomic E-state index is 9.96. The van der Waals surface area contributed by atoms with Crippen molar-refractivity contribution in [2.75, 3.05) is 0 Å². The van der Waals surface area contributed by atoms with Gasteiger partial charge < -0.3 is 10.2 Å². The fourth-order valence-corrected chi connectivity index (χ4v) is 3.15. The van der Waals surface area contributed by atoms with Crippen molar-refractivity contribution in [3.05, 3.63) is 44.0 Å². The minimum Gasteiger partial charge on any atom is -0.506 e. The molecule has 0 aliphatic heterocycles. The molecule has 118 valence electrons. The second-order valence-corrected chi connectivity index (χ2v) is 6.46. The van der Waals surface area contributed by atoms with Crippen LogP contribution in [0, 0.1) is 4.77 Å². The van der Waals surface area contributed by atoms with Gasteiger partial charge in [-0.25, -0.2) is 5.10 Å². The van der Waals surface area contributed by atoms with Crippen molar-refractivity contribution in [3.63, 3.8) is 0 Å². The number of nitrogens with one attached hydrogen (secondary N) is 1. The van der Waals surface area contributed by atoms with E-state index in [0.29, 0.717) is 10.6 Å². The molecule has 0 saturated heterocycles. The molecule has 3 rings (SSSR count). The second kappa shape index (κ2) is 6.32. The van der Waals surface area contributed by atoms with Gasteiger partial charge in [0, 0.05) is 5.56 Å². The Balaban J connectivity index is 2.06. The fourth-order valence-electron chi connectivity index (χ4n) is 1.80. The second-order valence-electron chi connectivity index (χ2n) is 4.34. The van der Waals surface area contributed by atoms with Gasteiger partial charge in [-0.15, -0.1) is 11.3 Å². The van der Waals surface area contributed by atoms with Crippen LogP contribution >= 0.6 is 46.8 Å². The predicted molar refractivity (Wildman–Crippen MR) is 93.5 cm³/mol. The molecule has 10 heteroatoms. The largest absolute Gasteiger partial charge is 0.506 e. The lowest BCUT2D eigenvalue weighted by Gasteiger charge is -2.05. The van der Waals surface area contributed by atoms with Gasteiger partial charge in [-0.05, 0) is 29.7 Å². The third kappa shape index (κ3) is 2.98. The zero-order chi connectivity index (χ0) is 16.6. The first-order valence-electron chi connectivity index (χ1n) is 6.14. The summed E-state index contributed by atoms with van der Waals surface area (Å²) in [5.41, 5.74) is 0.234. The van der Waals surface area contributed by atoms with Gasteiger partial charge in [0.25, 0.3) is 0 Å². The molecule has 0 amide bonds. The molecule has 0 saturated carbocycles. The Labute approximate surface area is 149 Å². The van der Waals surface area contributed by atoms with Crippen molar-refractivity contribution in [1.29, 1.82) is 0 Å². The molecule has 3 N–H and O–H groups in total. The van der Waals surface area contributed by atoms with E-state index in [4.69, 9.17) is 35.4 Å². The van der Waals surface area contributed by atoms with E-state index in [1.54, 1.807) is 0 Å². The van der Waals surface area contributed by atoms with Crippen LogP contribution < -0.4 is 0 Å². The zero-order valence-electron chi connectivity index (χ0n) is 11.2. The lowest BCUT2D eigenvalue weighted by atomic mass is 10.2. The first-order valence-corrected chi connectivity index (χ1v) is 8.19. The number of hydrogen-bond acceptors (Lipinski definition) is 6. The van der Waals surface area contributed by atoms with Gasteiger partial charge in [0.05, 0.1) is 16.1 Å². The van der Waals surface area contributed by atoms with Crippen LogP contribution in [0.25, 0.3) is 10.7 Å². The Bertz CT molecular complexity index is 948. The summed E-state index contributed by atoms with van der Waals surface area (Å²) < 4.78 is 1.70. The summed E-state index contributed by atoms with van der Waals surface area (Å²) in [6.07, 6.45) is 1.33. The molecular weight excluding hydrogens is 379 g/mol. The number of H-pyrrole nitrogens is 1. The molecule has 0 spiro atoms. The SMILES string of the molecule is Oc1c(Cl)cc(/C=N\n2c(-c3cccs3)n[nH]c2=S)c(O)c1Cl. The van der Waals surface area contributed by atoms with E-state index >= 15 is 0 Å². The summed E-state index contributed by atoms with van der Waals surface area (Å²) in [4.78, 5) is 0.875. The molecule has 0 aliphatic carbocycles. The van der Waals surface area contributed by atoms with E-state index in [-0.39, 0.29) is 27.1 Å². The first kappa shape index (κ1) is 16.0. The summed E-state index contributed by atoms with van der Waals surface area (Å²) in [6, 6.07) is 5.11. The molecule has 1 aromatic carbocycles. The number of rotatable bonds is 3. The maximum atomic E-state index is 9.96. The molecule has 23 heavy (non-hydrogen) atoms. The van der Waals surface area contributed by atoms with E-state index in [1.807, 2.05) is 17.5 Å². The van der Waals surface area contributed by atoms with Crippen LogP contribution in [0.1, 0.15) is 5.56 Å². The van der Waals surface area contributed by atoms with Crippen LogP contribution in [0.3, 0.4) is 0 Å². The van der Waals surface area contributed by atoms with Crippen LogP contribution in [0.2, 0.25) is 10.0 Å². The van der Waals surface area contributed by atoms with Crippen molar-refractivity contribution in [3.8, 4) is 22.2 Å². The number of halogens is 2.